The molecule has 0 radical (unpaired) electrons. The van der Waals surface area contributed by atoms with Crippen molar-refractivity contribution in [3.63, 3.8) is 0 Å². The lowest BCUT2D eigenvalue weighted by molar-refractivity contribution is 0.373. The van der Waals surface area contributed by atoms with Crippen molar-refractivity contribution in [1.29, 1.82) is 0 Å². The van der Waals surface area contributed by atoms with Crippen LogP contribution in [-0.4, -0.2) is 21.5 Å². The van der Waals surface area contributed by atoms with Gasteiger partial charge in [-0.15, -0.1) is 11.3 Å². The third-order valence-corrected chi connectivity index (χ3v) is 6.87. The van der Waals surface area contributed by atoms with Gasteiger partial charge in [0.25, 0.3) is 0 Å². The average molecular weight is 423 g/mol. The summed E-state index contributed by atoms with van der Waals surface area (Å²) in [6.45, 7) is 1.03. The largest absolute Gasteiger partial charge is 0.456 e. The number of aromatic nitrogens is 3. The maximum absolute atomic E-state index is 6.06. The third kappa shape index (κ3) is 4.41. The fraction of sp³-hybridized carbons (Fsp3) is 0.318. The molecule has 0 amide bonds. The van der Waals surface area contributed by atoms with Crippen LogP contribution >= 0.6 is 22.7 Å². The van der Waals surface area contributed by atoms with Crippen LogP contribution in [0.3, 0.4) is 0 Å². The second kappa shape index (κ2) is 8.47. The average Bonchev–Trinajstić information content (AvgIpc) is 3.43. The van der Waals surface area contributed by atoms with Crippen molar-refractivity contribution in [2.24, 2.45) is 5.92 Å². The van der Waals surface area contributed by atoms with E-state index < -0.39 is 0 Å². The van der Waals surface area contributed by atoms with Gasteiger partial charge < -0.3 is 10.1 Å². The molecule has 4 aromatic rings. The highest BCUT2D eigenvalue weighted by Gasteiger charge is 2.14. The Bertz CT molecular complexity index is 1090. The maximum atomic E-state index is 6.06. The van der Waals surface area contributed by atoms with Crippen molar-refractivity contribution in [1.82, 2.24) is 15.0 Å². The number of ether oxygens (including phenoxy) is 1. The van der Waals surface area contributed by atoms with Crippen LogP contribution in [0.1, 0.15) is 32.1 Å². The van der Waals surface area contributed by atoms with E-state index in [4.69, 9.17) is 9.72 Å². The lowest BCUT2D eigenvalue weighted by atomic mass is 9.89. The van der Waals surface area contributed by atoms with E-state index in [-0.39, 0.29) is 0 Å². The van der Waals surface area contributed by atoms with Crippen LogP contribution in [0.15, 0.2) is 47.5 Å². The zero-order valence-corrected chi connectivity index (χ0v) is 17.6. The van der Waals surface area contributed by atoms with Crippen LogP contribution in [0.4, 0.5) is 5.13 Å². The van der Waals surface area contributed by atoms with Gasteiger partial charge in [0.1, 0.15) is 11.5 Å². The quantitative estimate of drug-likeness (QED) is 0.379. The van der Waals surface area contributed by atoms with E-state index in [2.05, 4.69) is 15.3 Å². The highest BCUT2D eigenvalue weighted by molar-refractivity contribution is 7.22. The molecule has 148 valence electrons. The first-order chi connectivity index (χ1) is 14.3. The smallest absolute Gasteiger partial charge is 0.183 e. The second-order valence-electron chi connectivity index (χ2n) is 7.42. The van der Waals surface area contributed by atoms with E-state index in [9.17, 15) is 0 Å². The van der Waals surface area contributed by atoms with Crippen molar-refractivity contribution in [2.45, 2.75) is 32.1 Å². The van der Waals surface area contributed by atoms with Gasteiger partial charge in [0.2, 0.25) is 0 Å². The zero-order chi connectivity index (χ0) is 19.5. The summed E-state index contributed by atoms with van der Waals surface area (Å²) in [5.74, 6) is 2.28. The number of benzene rings is 1. The number of nitrogens with zero attached hydrogens (tertiary/aromatic N) is 3. The van der Waals surface area contributed by atoms with Crippen LogP contribution in [0.5, 0.6) is 11.5 Å². The molecule has 1 aliphatic carbocycles. The van der Waals surface area contributed by atoms with Crippen molar-refractivity contribution >= 4 is 38.0 Å². The molecule has 29 heavy (non-hydrogen) atoms. The summed E-state index contributed by atoms with van der Waals surface area (Å²) in [6, 6.07) is 8.00. The van der Waals surface area contributed by atoms with Gasteiger partial charge >= 0.3 is 0 Å². The first kappa shape index (κ1) is 18.5. The molecule has 1 aromatic carbocycles. The molecule has 7 heteroatoms. The first-order valence-corrected chi connectivity index (χ1v) is 11.8. The molecule has 0 saturated heterocycles. The molecule has 0 atom stereocenters. The van der Waals surface area contributed by atoms with Crippen LogP contribution in [0.2, 0.25) is 0 Å². The molecule has 3 heterocycles. The fourth-order valence-corrected chi connectivity index (χ4v) is 5.24. The number of anilines is 1. The van der Waals surface area contributed by atoms with Gasteiger partial charge in [0.15, 0.2) is 5.13 Å². The zero-order valence-electron chi connectivity index (χ0n) is 16.0. The standard InChI is InChI=1S/C22H22N4OS2/c1-2-4-15(5-3-1)10-24-22-26-19-7-6-17(9-21(19)29-22)27-18-8-16(11-23-12-18)20-13-28-14-25-20/h6-9,11-15H,1-5,10H2,(H,24,26). The van der Waals surface area contributed by atoms with Crippen molar-refractivity contribution in [3.8, 4) is 22.8 Å². The molecule has 1 aliphatic rings. The van der Waals surface area contributed by atoms with Crippen molar-refractivity contribution in [3.05, 3.63) is 47.5 Å². The Morgan fingerprint density at radius 3 is 2.86 bits per heavy atom. The molecule has 0 aliphatic heterocycles. The summed E-state index contributed by atoms with van der Waals surface area (Å²) in [7, 11) is 0. The molecule has 0 spiro atoms. The minimum absolute atomic E-state index is 0.704. The lowest BCUT2D eigenvalue weighted by Gasteiger charge is -2.21. The van der Waals surface area contributed by atoms with Gasteiger partial charge in [-0.2, -0.15) is 0 Å². The van der Waals surface area contributed by atoms with Gasteiger partial charge in [0.05, 0.1) is 27.6 Å². The van der Waals surface area contributed by atoms with E-state index in [0.29, 0.717) is 5.75 Å². The van der Waals surface area contributed by atoms with E-state index >= 15 is 0 Å². The Morgan fingerprint density at radius 2 is 2.00 bits per heavy atom. The Morgan fingerprint density at radius 1 is 1.07 bits per heavy atom. The number of nitrogens with one attached hydrogen (secondary N) is 1. The molecule has 1 fully saturated rings. The normalized spacial score (nSPS) is 14.9. The SMILES string of the molecule is c1nc(-c2cncc(Oc3ccc4nc(NCC5CCCCC5)sc4c3)c2)cs1. The molecule has 1 saturated carbocycles. The molecule has 5 rings (SSSR count). The summed E-state index contributed by atoms with van der Waals surface area (Å²) in [5.41, 5.74) is 4.69. The highest BCUT2D eigenvalue weighted by Crippen LogP contribution is 2.33. The van der Waals surface area contributed by atoms with E-state index in [1.807, 2.05) is 35.2 Å². The van der Waals surface area contributed by atoms with E-state index in [0.717, 1.165) is 44.8 Å². The number of hydrogen-bond donors (Lipinski definition) is 1. The minimum Gasteiger partial charge on any atom is -0.456 e. The maximum Gasteiger partial charge on any atom is 0.183 e. The van der Waals surface area contributed by atoms with E-state index in [1.165, 1.54) is 32.1 Å². The number of rotatable bonds is 6. The second-order valence-corrected chi connectivity index (χ2v) is 9.17. The summed E-state index contributed by atoms with van der Waals surface area (Å²) in [5, 5.41) is 6.55. The van der Waals surface area contributed by atoms with Crippen molar-refractivity contribution in [2.75, 3.05) is 11.9 Å². The molecule has 0 unspecified atom stereocenters. The van der Waals surface area contributed by atoms with Gasteiger partial charge in [-0.3, -0.25) is 4.98 Å². The molecule has 5 nitrogen and oxygen atoms in total. The van der Waals surface area contributed by atoms with Gasteiger partial charge in [-0.1, -0.05) is 30.6 Å². The van der Waals surface area contributed by atoms with Crippen molar-refractivity contribution < 1.29 is 4.74 Å². The highest BCUT2D eigenvalue weighted by atomic mass is 32.1. The Kier molecular flexibility index (Phi) is 5.41. The van der Waals surface area contributed by atoms with Gasteiger partial charge in [0, 0.05) is 29.8 Å². The fourth-order valence-electron chi connectivity index (χ4n) is 3.77. The Labute approximate surface area is 177 Å². The Balaban J connectivity index is 1.29. The minimum atomic E-state index is 0.704. The van der Waals surface area contributed by atoms with Crippen LogP contribution < -0.4 is 10.1 Å². The number of hydrogen-bond acceptors (Lipinski definition) is 7. The molecular formula is C22H22N4OS2. The lowest BCUT2D eigenvalue weighted by Crippen LogP contribution is -2.16. The van der Waals surface area contributed by atoms with Gasteiger partial charge in [-0.05, 0) is 37.0 Å². The van der Waals surface area contributed by atoms with Crippen LogP contribution in [0, 0.1) is 5.92 Å². The summed E-state index contributed by atoms with van der Waals surface area (Å²) < 4.78 is 7.18. The van der Waals surface area contributed by atoms with Crippen LogP contribution in [0.25, 0.3) is 21.5 Å². The third-order valence-electron chi connectivity index (χ3n) is 5.30. The predicted octanol–water partition coefficient (Wildman–Crippen LogP) is 6.60. The monoisotopic (exact) mass is 422 g/mol. The van der Waals surface area contributed by atoms with Gasteiger partial charge in [-0.25, -0.2) is 9.97 Å². The van der Waals surface area contributed by atoms with Crippen LogP contribution in [-0.2, 0) is 0 Å². The number of fused-ring (bicyclic) bond motifs is 1. The van der Waals surface area contributed by atoms with E-state index in [1.54, 1.807) is 35.1 Å². The molecule has 3 aromatic heterocycles. The predicted molar refractivity (Wildman–Crippen MR) is 120 cm³/mol. The first-order valence-electron chi connectivity index (χ1n) is 9.99. The Hall–Kier alpha value is -2.51. The summed E-state index contributed by atoms with van der Waals surface area (Å²) in [4.78, 5) is 13.4. The topological polar surface area (TPSA) is 59.9 Å². The molecule has 1 N–H and O–H groups in total. The molecule has 0 bridgehead atoms. The number of thiazole rings is 2. The number of pyridine rings is 1. The summed E-state index contributed by atoms with van der Waals surface area (Å²) in [6.07, 6.45) is 10.3. The molecular weight excluding hydrogens is 400 g/mol. The summed E-state index contributed by atoms with van der Waals surface area (Å²) >= 11 is 3.25.